The second-order valence-electron chi connectivity index (χ2n) is 7.98. The lowest BCUT2D eigenvalue weighted by Gasteiger charge is -2.44. The van der Waals surface area contributed by atoms with E-state index in [1.165, 1.54) is 17.9 Å². The van der Waals surface area contributed by atoms with E-state index in [9.17, 15) is 22.4 Å². The minimum atomic E-state index is -4.60. The van der Waals surface area contributed by atoms with Crippen molar-refractivity contribution in [2.75, 3.05) is 6.54 Å². The Bertz CT molecular complexity index is 919. The standard InChI is InChI=1S/C21H23F4N3O/c1-27-19(15-11-14(21(23,24)25)8-9-17(15)22)16(12-26-27)20(29)28-10-4-6-13-5-2-3-7-18(13)28/h8-9,11-13,18H,2-7,10H2,1H3. The predicted octanol–water partition coefficient (Wildman–Crippen LogP) is 5.04. The van der Waals surface area contributed by atoms with E-state index in [1.807, 2.05) is 4.90 Å². The van der Waals surface area contributed by atoms with Crippen molar-refractivity contribution in [3.63, 3.8) is 0 Å². The van der Waals surface area contributed by atoms with Crippen molar-refractivity contribution in [3.05, 3.63) is 41.3 Å². The fourth-order valence-electron chi connectivity index (χ4n) is 4.83. The molecule has 29 heavy (non-hydrogen) atoms. The number of aromatic nitrogens is 2. The third kappa shape index (κ3) is 3.65. The van der Waals surface area contributed by atoms with E-state index in [-0.39, 0.29) is 28.8 Å². The maximum atomic E-state index is 14.5. The molecule has 1 aromatic heterocycles. The van der Waals surface area contributed by atoms with Crippen molar-refractivity contribution in [2.45, 2.75) is 50.7 Å². The van der Waals surface area contributed by atoms with Gasteiger partial charge in [-0.2, -0.15) is 18.3 Å². The van der Waals surface area contributed by atoms with Crippen molar-refractivity contribution in [2.24, 2.45) is 13.0 Å². The van der Waals surface area contributed by atoms with Gasteiger partial charge in [0.1, 0.15) is 5.82 Å². The van der Waals surface area contributed by atoms with Gasteiger partial charge in [-0.25, -0.2) is 4.39 Å². The lowest BCUT2D eigenvalue weighted by atomic mass is 9.78. The number of rotatable bonds is 2. The summed E-state index contributed by atoms with van der Waals surface area (Å²) in [5, 5.41) is 4.07. The van der Waals surface area contributed by atoms with Crippen LogP contribution in [0.3, 0.4) is 0 Å². The first kappa shape index (κ1) is 19.9. The highest BCUT2D eigenvalue weighted by atomic mass is 19.4. The molecule has 1 aliphatic heterocycles. The Labute approximate surface area is 166 Å². The number of nitrogens with zero attached hydrogens (tertiary/aromatic N) is 3. The smallest absolute Gasteiger partial charge is 0.335 e. The fraction of sp³-hybridized carbons (Fsp3) is 0.524. The summed E-state index contributed by atoms with van der Waals surface area (Å²) in [7, 11) is 1.51. The molecule has 2 atom stereocenters. The fourth-order valence-corrected chi connectivity index (χ4v) is 4.83. The highest BCUT2D eigenvalue weighted by Crippen LogP contribution is 2.38. The third-order valence-corrected chi connectivity index (χ3v) is 6.22. The molecule has 0 spiro atoms. The van der Waals surface area contributed by atoms with Gasteiger partial charge in [0.25, 0.3) is 5.91 Å². The van der Waals surface area contributed by atoms with Gasteiger partial charge in [0.2, 0.25) is 0 Å². The van der Waals surface area contributed by atoms with Gasteiger partial charge in [-0.1, -0.05) is 12.8 Å². The summed E-state index contributed by atoms with van der Waals surface area (Å²) < 4.78 is 55.3. The van der Waals surface area contributed by atoms with Crippen molar-refractivity contribution in [3.8, 4) is 11.3 Å². The molecule has 0 bridgehead atoms. The molecule has 1 aromatic carbocycles. The second-order valence-corrected chi connectivity index (χ2v) is 7.98. The molecule has 2 aliphatic rings. The second kappa shape index (κ2) is 7.46. The molecule has 2 aromatic rings. The molecular formula is C21H23F4N3O. The molecule has 1 saturated carbocycles. The van der Waals surface area contributed by atoms with Crippen LogP contribution >= 0.6 is 0 Å². The number of likely N-dealkylation sites (tertiary alicyclic amines) is 1. The number of fused-ring (bicyclic) bond motifs is 1. The lowest BCUT2D eigenvalue weighted by molar-refractivity contribution is -0.137. The monoisotopic (exact) mass is 409 g/mol. The number of carbonyl (C=O) groups is 1. The van der Waals surface area contributed by atoms with E-state index in [2.05, 4.69) is 5.10 Å². The first-order chi connectivity index (χ1) is 13.8. The van der Waals surface area contributed by atoms with Gasteiger partial charge in [0.05, 0.1) is 23.0 Å². The van der Waals surface area contributed by atoms with Crippen LogP contribution in [0.15, 0.2) is 24.4 Å². The molecule has 0 radical (unpaired) electrons. The predicted molar refractivity (Wildman–Crippen MR) is 99.6 cm³/mol. The minimum absolute atomic E-state index is 0.0801. The molecule has 4 nitrogen and oxygen atoms in total. The maximum absolute atomic E-state index is 14.5. The third-order valence-electron chi connectivity index (χ3n) is 6.22. The van der Waals surface area contributed by atoms with Gasteiger partial charge in [0, 0.05) is 25.2 Å². The molecule has 2 unspecified atom stereocenters. The molecule has 1 amide bonds. The van der Waals surface area contributed by atoms with Gasteiger partial charge >= 0.3 is 6.18 Å². The number of amides is 1. The Hall–Kier alpha value is -2.38. The Morgan fingerprint density at radius 2 is 1.86 bits per heavy atom. The lowest BCUT2D eigenvalue weighted by Crippen LogP contribution is -2.49. The molecule has 156 valence electrons. The van der Waals surface area contributed by atoms with Crippen LogP contribution in [0.5, 0.6) is 0 Å². The first-order valence-corrected chi connectivity index (χ1v) is 9.97. The zero-order chi connectivity index (χ0) is 20.8. The summed E-state index contributed by atoms with van der Waals surface area (Å²) in [6.07, 6.45) is 2.98. The molecular weight excluding hydrogens is 386 g/mol. The normalized spacial score (nSPS) is 22.4. The Balaban J connectivity index is 1.74. The number of aryl methyl sites for hydroxylation is 1. The van der Waals surface area contributed by atoms with Crippen molar-refractivity contribution in [1.29, 1.82) is 0 Å². The molecule has 4 rings (SSSR count). The average molecular weight is 409 g/mol. The van der Waals surface area contributed by atoms with Gasteiger partial charge in [0.15, 0.2) is 0 Å². The van der Waals surface area contributed by atoms with Crippen molar-refractivity contribution < 1.29 is 22.4 Å². The largest absolute Gasteiger partial charge is 0.416 e. The van der Waals surface area contributed by atoms with Gasteiger partial charge < -0.3 is 4.90 Å². The quantitative estimate of drug-likeness (QED) is 0.652. The summed E-state index contributed by atoms with van der Waals surface area (Å²) >= 11 is 0. The van der Waals surface area contributed by atoms with Gasteiger partial charge in [-0.05, 0) is 49.8 Å². The number of alkyl halides is 3. The summed E-state index contributed by atoms with van der Waals surface area (Å²) in [4.78, 5) is 15.2. The van der Waals surface area contributed by atoms with E-state index in [0.717, 1.165) is 50.7 Å². The summed E-state index contributed by atoms with van der Waals surface area (Å²) in [6.45, 7) is 0.611. The van der Waals surface area contributed by atoms with Crippen LogP contribution in [0.2, 0.25) is 0 Å². The molecule has 8 heteroatoms. The first-order valence-electron chi connectivity index (χ1n) is 9.97. The maximum Gasteiger partial charge on any atom is 0.416 e. The van der Waals surface area contributed by atoms with Crippen LogP contribution in [0.4, 0.5) is 17.6 Å². The number of hydrogen-bond acceptors (Lipinski definition) is 2. The molecule has 2 fully saturated rings. The zero-order valence-corrected chi connectivity index (χ0v) is 16.2. The summed E-state index contributed by atoms with van der Waals surface area (Å²) in [5.74, 6) is -0.627. The van der Waals surface area contributed by atoms with E-state index in [0.29, 0.717) is 18.5 Å². The summed E-state index contributed by atoms with van der Waals surface area (Å²) in [5.41, 5.74) is -0.993. The van der Waals surface area contributed by atoms with Crippen LogP contribution in [0, 0.1) is 11.7 Å². The molecule has 1 saturated heterocycles. The Morgan fingerprint density at radius 1 is 1.14 bits per heavy atom. The number of hydrogen-bond donors (Lipinski definition) is 0. The van der Waals surface area contributed by atoms with Crippen LogP contribution < -0.4 is 0 Å². The van der Waals surface area contributed by atoms with Crippen molar-refractivity contribution >= 4 is 5.91 Å². The molecule has 1 aliphatic carbocycles. The van der Waals surface area contributed by atoms with E-state index in [1.54, 1.807) is 0 Å². The Morgan fingerprint density at radius 3 is 2.62 bits per heavy atom. The number of piperidine rings is 1. The van der Waals surface area contributed by atoms with E-state index >= 15 is 0 Å². The van der Waals surface area contributed by atoms with Crippen LogP contribution in [-0.2, 0) is 13.2 Å². The topological polar surface area (TPSA) is 38.1 Å². The van der Waals surface area contributed by atoms with E-state index in [4.69, 9.17) is 0 Å². The number of carbonyl (C=O) groups excluding carboxylic acids is 1. The highest BCUT2D eigenvalue weighted by molar-refractivity contribution is 6.00. The minimum Gasteiger partial charge on any atom is -0.335 e. The van der Waals surface area contributed by atoms with E-state index < -0.39 is 17.6 Å². The van der Waals surface area contributed by atoms with Gasteiger partial charge in [-0.3, -0.25) is 9.48 Å². The number of halogens is 4. The van der Waals surface area contributed by atoms with Crippen LogP contribution in [0.25, 0.3) is 11.3 Å². The van der Waals surface area contributed by atoms with Crippen LogP contribution in [0.1, 0.15) is 54.4 Å². The van der Waals surface area contributed by atoms with Crippen LogP contribution in [-0.4, -0.2) is 33.2 Å². The van der Waals surface area contributed by atoms with Crippen molar-refractivity contribution in [1.82, 2.24) is 14.7 Å². The SMILES string of the molecule is Cn1ncc(C(=O)N2CCCC3CCCCC32)c1-c1cc(C(F)(F)F)ccc1F. The summed E-state index contributed by atoms with van der Waals surface area (Å²) in [6, 6.07) is 2.39. The molecule has 2 heterocycles. The van der Waals surface area contributed by atoms with Gasteiger partial charge in [-0.15, -0.1) is 0 Å². The zero-order valence-electron chi connectivity index (χ0n) is 16.2. The average Bonchev–Trinajstić information content (AvgIpc) is 3.07. The number of benzene rings is 1. The molecule has 0 N–H and O–H groups in total. The Kier molecular flexibility index (Phi) is 5.12. The highest BCUT2D eigenvalue weighted by Gasteiger charge is 2.38.